The van der Waals surface area contributed by atoms with E-state index >= 15 is 0 Å². The number of benzene rings is 2. The zero-order chi connectivity index (χ0) is 25.1. The lowest BCUT2D eigenvalue weighted by Crippen LogP contribution is -2.36. The van der Waals surface area contributed by atoms with Crippen molar-refractivity contribution in [2.75, 3.05) is 0 Å². The highest BCUT2D eigenvalue weighted by Gasteiger charge is 2.30. The highest BCUT2D eigenvalue weighted by atomic mass is 19.4. The number of rotatable bonds is 5. The van der Waals surface area contributed by atoms with Gasteiger partial charge in [-0.05, 0) is 61.6 Å². The molecule has 5 rings (SSSR count). The molecule has 0 bridgehead atoms. The molecule has 1 aliphatic rings. The van der Waals surface area contributed by atoms with Crippen LogP contribution in [-0.4, -0.2) is 21.9 Å². The van der Waals surface area contributed by atoms with E-state index in [4.69, 9.17) is 4.74 Å². The van der Waals surface area contributed by atoms with Gasteiger partial charge >= 0.3 is 6.18 Å². The van der Waals surface area contributed by atoms with E-state index in [0.29, 0.717) is 11.4 Å². The number of ether oxygens (including phenoxy) is 1. The summed E-state index contributed by atoms with van der Waals surface area (Å²) in [6.45, 7) is 0. The molecule has 8 heteroatoms. The van der Waals surface area contributed by atoms with Crippen molar-refractivity contribution in [2.45, 2.75) is 37.9 Å². The number of alkyl halides is 3. The molecule has 2 N–H and O–H groups in total. The van der Waals surface area contributed by atoms with Crippen LogP contribution in [0.3, 0.4) is 0 Å². The van der Waals surface area contributed by atoms with Crippen LogP contribution in [0.1, 0.15) is 47.3 Å². The number of allylic oxidation sites excluding steroid dienone is 1. The molecule has 0 spiro atoms. The Morgan fingerprint density at radius 1 is 1.03 bits per heavy atom. The van der Waals surface area contributed by atoms with Crippen LogP contribution in [-0.2, 0) is 6.18 Å². The smallest absolute Gasteiger partial charge is 0.417 e. The standard InChI is InChI=1S/C28H24F3N3O2/c29-28(30,31)21-10-13-26(32-17-21)36-23-6-3-4-19(15-23)14-18-8-11-22(12-9-18)33-27(35)25-16-20-5-1-2-7-24(20)34-25/h1-7,10,13-17,22,34H,8-9,11-12H2,(H,33,35). The Hall–Kier alpha value is -4.07. The molecule has 0 radical (unpaired) electrons. The summed E-state index contributed by atoms with van der Waals surface area (Å²) in [6.07, 6.45) is 1.86. The minimum Gasteiger partial charge on any atom is -0.439 e. The summed E-state index contributed by atoms with van der Waals surface area (Å²) in [5.41, 5.74) is 2.90. The topological polar surface area (TPSA) is 67.0 Å². The van der Waals surface area contributed by atoms with Crippen molar-refractivity contribution in [1.82, 2.24) is 15.3 Å². The fraction of sp³-hybridized carbons (Fsp3) is 0.214. The van der Waals surface area contributed by atoms with E-state index in [1.54, 1.807) is 6.07 Å². The number of hydrogen-bond acceptors (Lipinski definition) is 3. The first-order chi connectivity index (χ1) is 17.3. The zero-order valence-electron chi connectivity index (χ0n) is 19.3. The van der Waals surface area contributed by atoms with Gasteiger partial charge < -0.3 is 15.0 Å². The first-order valence-electron chi connectivity index (χ1n) is 11.7. The van der Waals surface area contributed by atoms with Gasteiger partial charge in [-0.25, -0.2) is 4.98 Å². The number of H-pyrrole nitrogens is 1. The van der Waals surface area contributed by atoms with Gasteiger partial charge in [0.2, 0.25) is 5.88 Å². The highest BCUT2D eigenvalue weighted by Crippen LogP contribution is 2.31. The molecule has 4 aromatic rings. The number of halogens is 3. The van der Waals surface area contributed by atoms with Gasteiger partial charge in [0.1, 0.15) is 11.4 Å². The molecule has 0 aliphatic heterocycles. The Labute approximate surface area is 206 Å². The van der Waals surface area contributed by atoms with Crippen molar-refractivity contribution in [3.05, 3.63) is 95.3 Å². The molecule has 5 nitrogen and oxygen atoms in total. The molecular weight excluding hydrogens is 467 g/mol. The van der Waals surface area contributed by atoms with Gasteiger partial charge in [0.05, 0.1) is 5.56 Å². The molecule has 1 fully saturated rings. The van der Waals surface area contributed by atoms with Crippen molar-refractivity contribution in [3.8, 4) is 11.6 Å². The quantitative estimate of drug-likeness (QED) is 0.312. The minimum atomic E-state index is -4.43. The fourth-order valence-corrected chi connectivity index (χ4v) is 4.37. The number of pyridine rings is 1. The van der Waals surface area contributed by atoms with Gasteiger partial charge in [-0.3, -0.25) is 4.79 Å². The number of hydrogen-bond donors (Lipinski definition) is 2. The number of amides is 1. The van der Waals surface area contributed by atoms with Gasteiger partial charge in [0.15, 0.2) is 0 Å². The second kappa shape index (κ2) is 9.89. The van der Waals surface area contributed by atoms with Crippen molar-refractivity contribution in [3.63, 3.8) is 0 Å². The number of fused-ring (bicyclic) bond motifs is 1. The minimum absolute atomic E-state index is 0.0923. The van der Waals surface area contributed by atoms with E-state index < -0.39 is 11.7 Å². The number of nitrogens with one attached hydrogen (secondary N) is 2. The Morgan fingerprint density at radius 3 is 2.56 bits per heavy atom. The molecule has 184 valence electrons. The van der Waals surface area contributed by atoms with Gasteiger partial charge in [-0.15, -0.1) is 0 Å². The van der Waals surface area contributed by atoms with E-state index in [1.165, 1.54) is 11.6 Å². The molecule has 2 heterocycles. The molecule has 0 atom stereocenters. The predicted octanol–water partition coefficient (Wildman–Crippen LogP) is 7.13. The predicted molar refractivity (Wildman–Crippen MR) is 132 cm³/mol. The van der Waals surface area contributed by atoms with Crippen molar-refractivity contribution in [1.29, 1.82) is 0 Å². The van der Waals surface area contributed by atoms with Gasteiger partial charge in [0, 0.05) is 29.2 Å². The molecule has 36 heavy (non-hydrogen) atoms. The van der Waals surface area contributed by atoms with Crippen LogP contribution < -0.4 is 10.1 Å². The molecule has 1 aliphatic carbocycles. The lowest BCUT2D eigenvalue weighted by Gasteiger charge is -2.25. The first-order valence-corrected chi connectivity index (χ1v) is 11.7. The summed E-state index contributed by atoms with van der Waals surface area (Å²) in [4.78, 5) is 19.6. The van der Waals surface area contributed by atoms with Crippen LogP contribution >= 0.6 is 0 Å². The number of para-hydroxylation sites is 1. The number of carbonyl (C=O) groups excluding carboxylic acids is 1. The number of aromatic amines is 1. The number of nitrogens with zero attached hydrogens (tertiary/aromatic N) is 1. The third-order valence-corrected chi connectivity index (χ3v) is 6.25. The van der Waals surface area contributed by atoms with E-state index in [2.05, 4.69) is 21.4 Å². The second-order valence-corrected chi connectivity index (χ2v) is 8.88. The average molecular weight is 492 g/mol. The van der Waals surface area contributed by atoms with E-state index in [-0.39, 0.29) is 17.8 Å². The van der Waals surface area contributed by atoms with Crippen LogP contribution in [0.15, 0.2) is 78.5 Å². The lowest BCUT2D eigenvalue weighted by molar-refractivity contribution is -0.137. The van der Waals surface area contributed by atoms with Crippen LogP contribution in [0.4, 0.5) is 13.2 Å². The lowest BCUT2D eigenvalue weighted by atomic mass is 9.89. The molecular formula is C28H24F3N3O2. The normalized spacial score (nSPS) is 16.1. The molecule has 0 saturated heterocycles. The molecule has 0 unspecified atom stereocenters. The van der Waals surface area contributed by atoms with Crippen LogP contribution in [0, 0.1) is 0 Å². The third kappa shape index (κ3) is 5.59. The van der Waals surface area contributed by atoms with Crippen molar-refractivity contribution < 1.29 is 22.7 Å². The van der Waals surface area contributed by atoms with E-state index in [1.807, 2.05) is 48.5 Å². The summed E-state index contributed by atoms with van der Waals surface area (Å²) in [5, 5.41) is 4.15. The van der Waals surface area contributed by atoms with Gasteiger partial charge in [0.25, 0.3) is 5.91 Å². The summed E-state index contributed by atoms with van der Waals surface area (Å²) < 4.78 is 43.8. The van der Waals surface area contributed by atoms with Gasteiger partial charge in [-0.2, -0.15) is 13.2 Å². The van der Waals surface area contributed by atoms with Crippen molar-refractivity contribution in [2.24, 2.45) is 0 Å². The van der Waals surface area contributed by atoms with Crippen LogP contribution in [0.25, 0.3) is 17.0 Å². The summed E-state index contributed by atoms with van der Waals surface area (Å²) in [6, 6.07) is 19.3. The number of carbonyl (C=O) groups is 1. The summed E-state index contributed by atoms with van der Waals surface area (Å²) in [5.74, 6) is 0.500. The monoisotopic (exact) mass is 491 g/mol. The van der Waals surface area contributed by atoms with E-state index in [0.717, 1.165) is 54.4 Å². The molecule has 2 aromatic carbocycles. The van der Waals surface area contributed by atoms with E-state index in [9.17, 15) is 18.0 Å². The maximum absolute atomic E-state index is 12.7. The Morgan fingerprint density at radius 2 is 1.83 bits per heavy atom. The second-order valence-electron chi connectivity index (χ2n) is 8.88. The van der Waals surface area contributed by atoms with Gasteiger partial charge in [-0.1, -0.05) is 42.0 Å². The molecule has 1 amide bonds. The van der Waals surface area contributed by atoms with Crippen LogP contribution in [0.2, 0.25) is 0 Å². The fourth-order valence-electron chi connectivity index (χ4n) is 4.37. The molecule has 2 aromatic heterocycles. The average Bonchev–Trinajstić information content (AvgIpc) is 3.30. The SMILES string of the molecule is O=C(NC1CCC(=Cc2cccc(Oc3ccc(C(F)(F)F)cn3)c2)CC1)c1cc2ccccc2[nH]1. The Kier molecular flexibility index (Phi) is 6.50. The summed E-state index contributed by atoms with van der Waals surface area (Å²) in [7, 11) is 0. The third-order valence-electron chi connectivity index (χ3n) is 6.25. The number of aromatic nitrogens is 2. The van der Waals surface area contributed by atoms with Crippen molar-refractivity contribution >= 4 is 22.9 Å². The largest absolute Gasteiger partial charge is 0.439 e. The first kappa shape index (κ1) is 23.7. The zero-order valence-corrected chi connectivity index (χ0v) is 19.3. The Balaban J connectivity index is 1.17. The highest BCUT2D eigenvalue weighted by molar-refractivity contribution is 5.98. The maximum Gasteiger partial charge on any atom is 0.417 e. The Bertz CT molecular complexity index is 1360. The molecule has 1 saturated carbocycles. The summed E-state index contributed by atoms with van der Waals surface area (Å²) >= 11 is 0. The maximum atomic E-state index is 12.7. The van der Waals surface area contributed by atoms with Crippen LogP contribution in [0.5, 0.6) is 11.6 Å².